The van der Waals surface area contributed by atoms with Crippen molar-refractivity contribution in [1.82, 2.24) is 20.0 Å². The number of carbonyl (C=O) groups is 2. The Balaban J connectivity index is 1.73. The highest BCUT2D eigenvalue weighted by atomic mass is 32.2. The van der Waals surface area contributed by atoms with E-state index >= 15 is 0 Å². The Kier molecular flexibility index (Phi) is 5.28. The third-order valence-electron chi connectivity index (χ3n) is 3.86. The zero-order valence-electron chi connectivity index (χ0n) is 13.7. The zero-order valence-corrected chi connectivity index (χ0v) is 14.5. The topological polar surface area (TPSA) is 66.4 Å². The number of amides is 2. The molecule has 130 valence electrons. The largest absolute Gasteiger partial charge is 0.291 e. The van der Waals surface area contributed by atoms with Gasteiger partial charge in [-0.2, -0.15) is 0 Å². The van der Waals surface area contributed by atoms with Crippen molar-refractivity contribution in [3.05, 3.63) is 53.6 Å². The van der Waals surface area contributed by atoms with Crippen LogP contribution in [0, 0.1) is 5.82 Å². The Hall–Kier alpha value is -2.48. The first kappa shape index (κ1) is 17.3. The minimum Gasteiger partial charge on any atom is -0.273 e. The molecule has 0 unspecified atom stereocenters. The Bertz CT molecular complexity index is 784. The number of hydrazine groups is 1. The molecule has 2 amide bonds. The number of nitrogens with zero attached hydrogens (tertiary/aromatic N) is 4. The van der Waals surface area contributed by atoms with E-state index in [-0.39, 0.29) is 29.7 Å². The van der Waals surface area contributed by atoms with Crippen LogP contribution in [-0.4, -0.2) is 51.1 Å². The third-order valence-corrected chi connectivity index (χ3v) is 4.42. The van der Waals surface area contributed by atoms with Crippen LogP contribution in [0.25, 0.3) is 0 Å². The summed E-state index contributed by atoms with van der Waals surface area (Å²) in [6, 6.07) is 7.33. The molecular formula is C17H17FN4O2S. The molecule has 2 heterocycles. The summed E-state index contributed by atoms with van der Waals surface area (Å²) < 4.78 is 13.0. The summed E-state index contributed by atoms with van der Waals surface area (Å²) in [6.45, 7) is 0.943. The summed E-state index contributed by atoms with van der Waals surface area (Å²) in [5.41, 5.74) is 0.971. The molecule has 0 N–H and O–H groups in total. The number of aromatic nitrogens is 2. The Labute approximate surface area is 149 Å². The minimum absolute atomic E-state index is 0.115. The smallest absolute Gasteiger partial charge is 0.273 e. The van der Waals surface area contributed by atoms with Crippen LogP contribution < -0.4 is 0 Å². The molecule has 0 saturated carbocycles. The van der Waals surface area contributed by atoms with Crippen molar-refractivity contribution in [2.24, 2.45) is 0 Å². The first-order chi connectivity index (χ1) is 12.1. The van der Waals surface area contributed by atoms with Crippen molar-refractivity contribution in [2.75, 3.05) is 19.3 Å². The van der Waals surface area contributed by atoms with Crippen LogP contribution in [0.5, 0.6) is 0 Å². The van der Waals surface area contributed by atoms with Crippen molar-refractivity contribution in [3.63, 3.8) is 0 Å². The molecule has 0 spiro atoms. The zero-order chi connectivity index (χ0) is 17.8. The molecule has 1 saturated heterocycles. The third kappa shape index (κ3) is 3.96. The predicted molar refractivity (Wildman–Crippen MR) is 91.3 cm³/mol. The number of hydrogen-bond donors (Lipinski definition) is 0. The second-order valence-electron chi connectivity index (χ2n) is 5.53. The highest BCUT2D eigenvalue weighted by Crippen LogP contribution is 2.17. The van der Waals surface area contributed by atoms with E-state index in [1.54, 1.807) is 18.2 Å². The number of thioether (sulfide) groups is 1. The fourth-order valence-corrected chi connectivity index (χ4v) is 3.00. The van der Waals surface area contributed by atoms with E-state index in [4.69, 9.17) is 0 Å². The van der Waals surface area contributed by atoms with Gasteiger partial charge in [0.15, 0.2) is 5.16 Å². The standard InChI is InChI=1S/C17H17FN4O2S/c1-25-17-19-8-7-14(20-17)16(24)22-10-2-9-21(22)15(23)11-12-3-5-13(18)6-4-12/h3-8H,2,9-11H2,1H3. The van der Waals surface area contributed by atoms with Crippen molar-refractivity contribution < 1.29 is 14.0 Å². The summed E-state index contributed by atoms with van der Waals surface area (Å²) in [4.78, 5) is 33.5. The lowest BCUT2D eigenvalue weighted by Gasteiger charge is -2.27. The fourth-order valence-electron chi connectivity index (χ4n) is 2.64. The normalized spacial score (nSPS) is 14.0. The quantitative estimate of drug-likeness (QED) is 0.618. The molecule has 2 aromatic rings. The van der Waals surface area contributed by atoms with Gasteiger partial charge in [0.1, 0.15) is 11.5 Å². The van der Waals surface area contributed by atoms with Gasteiger partial charge in [0, 0.05) is 19.3 Å². The number of halogens is 1. The van der Waals surface area contributed by atoms with Gasteiger partial charge in [-0.1, -0.05) is 23.9 Å². The first-order valence-electron chi connectivity index (χ1n) is 7.82. The summed E-state index contributed by atoms with van der Waals surface area (Å²) in [5, 5.41) is 3.39. The second-order valence-corrected chi connectivity index (χ2v) is 6.30. The number of hydrogen-bond acceptors (Lipinski definition) is 5. The monoisotopic (exact) mass is 360 g/mol. The van der Waals surface area contributed by atoms with Crippen LogP contribution in [0.4, 0.5) is 4.39 Å². The Morgan fingerprint density at radius 2 is 1.88 bits per heavy atom. The highest BCUT2D eigenvalue weighted by molar-refractivity contribution is 7.98. The van der Waals surface area contributed by atoms with Gasteiger partial charge in [-0.05, 0) is 36.4 Å². The molecule has 0 aliphatic carbocycles. The molecule has 1 aromatic heterocycles. The lowest BCUT2D eigenvalue weighted by molar-refractivity contribution is -0.139. The Morgan fingerprint density at radius 1 is 1.16 bits per heavy atom. The lowest BCUT2D eigenvalue weighted by Crippen LogP contribution is -2.45. The van der Waals surface area contributed by atoms with Crippen molar-refractivity contribution in [1.29, 1.82) is 0 Å². The molecule has 3 rings (SSSR count). The molecule has 0 radical (unpaired) electrons. The van der Waals surface area contributed by atoms with Gasteiger partial charge < -0.3 is 0 Å². The summed E-state index contributed by atoms with van der Waals surface area (Å²) in [6.07, 6.45) is 4.19. The lowest BCUT2D eigenvalue weighted by atomic mass is 10.1. The van der Waals surface area contributed by atoms with Crippen LogP contribution >= 0.6 is 11.8 Å². The summed E-state index contributed by atoms with van der Waals surface area (Å²) in [5.74, 6) is -0.859. The second kappa shape index (κ2) is 7.60. The van der Waals surface area contributed by atoms with Gasteiger partial charge in [-0.3, -0.25) is 14.6 Å². The highest BCUT2D eigenvalue weighted by Gasteiger charge is 2.31. The SMILES string of the molecule is CSc1nccc(C(=O)N2CCCN2C(=O)Cc2ccc(F)cc2)n1. The summed E-state index contributed by atoms with van der Waals surface area (Å²) in [7, 11) is 0. The maximum Gasteiger partial charge on any atom is 0.291 e. The van der Waals surface area contributed by atoms with E-state index < -0.39 is 0 Å². The van der Waals surface area contributed by atoms with Gasteiger partial charge in [0.05, 0.1) is 6.42 Å². The van der Waals surface area contributed by atoms with Crippen LogP contribution in [0.3, 0.4) is 0 Å². The van der Waals surface area contributed by atoms with E-state index in [1.165, 1.54) is 40.1 Å². The van der Waals surface area contributed by atoms with Crippen molar-refractivity contribution in [3.8, 4) is 0 Å². The number of benzene rings is 1. The Morgan fingerprint density at radius 3 is 2.60 bits per heavy atom. The van der Waals surface area contributed by atoms with E-state index in [2.05, 4.69) is 9.97 Å². The molecule has 1 aromatic carbocycles. The predicted octanol–water partition coefficient (Wildman–Crippen LogP) is 2.17. The van der Waals surface area contributed by atoms with Crippen LogP contribution in [-0.2, 0) is 11.2 Å². The number of carbonyl (C=O) groups excluding carboxylic acids is 2. The van der Waals surface area contributed by atoms with Crippen molar-refractivity contribution in [2.45, 2.75) is 18.0 Å². The molecule has 1 aliphatic heterocycles. The molecule has 1 fully saturated rings. The van der Waals surface area contributed by atoms with Gasteiger partial charge in [-0.25, -0.2) is 19.4 Å². The van der Waals surface area contributed by atoms with E-state index in [0.29, 0.717) is 30.2 Å². The van der Waals surface area contributed by atoms with Crippen LogP contribution in [0.2, 0.25) is 0 Å². The molecule has 8 heteroatoms. The summed E-state index contributed by atoms with van der Waals surface area (Å²) >= 11 is 1.35. The number of rotatable bonds is 4. The molecule has 0 bridgehead atoms. The molecular weight excluding hydrogens is 343 g/mol. The van der Waals surface area contributed by atoms with E-state index in [9.17, 15) is 14.0 Å². The van der Waals surface area contributed by atoms with Gasteiger partial charge >= 0.3 is 0 Å². The maximum atomic E-state index is 13.0. The van der Waals surface area contributed by atoms with Gasteiger partial charge in [0.25, 0.3) is 5.91 Å². The van der Waals surface area contributed by atoms with E-state index in [1.807, 2.05) is 6.26 Å². The van der Waals surface area contributed by atoms with Crippen LogP contribution in [0.1, 0.15) is 22.5 Å². The fraction of sp³-hybridized carbons (Fsp3) is 0.294. The average molecular weight is 360 g/mol. The molecule has 0 atom stereocenters. The van der Waals surface area contributed by atoms with Gasteiger partial charge in [-0.15, -0.1) is 0 Å². The van der Waals surface area contributed by atoms with Crippen molar-refractivity contribution >= 4 is 23.6 Å². The maximum absolute atomic E-state index is 13.0. The average Bonchev–Trinajstić information content (AvgIpc) is 3.13. The molecule has 1 aliphatic rings. The molecule has 25 heavy (non-hydrogen) atoms. The van der Waals surface area contributed by atoms with Gasteiger partial charge in [0.2, 0.25) is 5.91 Å². The van der Waals surface area contributed by atoms with Crippen LogP contribution in [0.15, 0.2) is 41.7 Å². The minimum atomic E-state index is -0.345. The first-order valence-corrected chi connectivity index (χ1v) is 9.04. The molecule has 6 nitrogen and oxygen atoms in total. The van der Waals surface area contributed by atoms with E-state index in [0.717, 1.165) is 0 Å².